The van der Waals surface area contributed by atoms with E-state index in [1.54, 1.807) is 0 Å². The molecule has 4 heavy (non-hydrogen) atoms. The molecule has 28 valence electrons. The van der Waals surface area contributed by atoms with Crippen LogP contribution in [0.25, 0.3) is 0 Å². The maximum Gasteiger partial charge on any atom is 1.00 e. The predicted octanol–water partition coefficient (Wildman–Crippen LogP) is 0.212. The maximum atomic E-state index is 8.37. The monoisotopic (exact) mass is 169 g/mol. The topological polar surface area (TPSA) is 35.4 Å². The third kappa shape index (κ3) is 19.9. The molecule has 0 aromatic heterocycles. The Hall–Kier alpha value is 0.560. The Morgan fingerprint density at radius 2 is 1.75 bits per heavy atom. The first-order valence-corrected chi connectivity index (χ1v) is 0.730. The van der Waals surface area contributed by atoms with E-state index in [0.717, 1.165) is 0 Å². The van der Waals surface area contributed by atoms with Crippen LogP contribution in [0.1, 0.15) is 0 Å². The minimum Gasteiger partial charge on any atom is -0.782 e. The first-order chi connectivity index (χ1) is 1.41. The fourth-order valence-electron chi connectivity index (χ4n) is 0. The standard InChI is InChI=1S/Ag.HNOS/c;2-1-3/h;(H,2,3)/q+1;/p-1. The van der Waals surface area contributed by atoms with Gasteiger partial charge in [-0.1, -0.05) is 0 Å². The van der Waals surface area contributed by atoms with Crippen molar-refractivity contribution in [3.8, 4) is 0 Å². The summed E-state index contributed by atoms with van der Waals surface area (Å²) in [5.74, 6) is 0. The zero-order valence-corrected chi connectivity index (χ0v) is 3.86. The van der Waals surface area contributed by atoms with E-state index in [-0.39, 0.29) is 22.4 Å². The molecule has 0 fully saturated rings. The Morgan fingerprint density at radius 1 is 1.75 bits per heavy atom. The molecule has 0 spiro atoms. The van der Waals surface area contributed by atoms with E-state index < -0.39 is 0 Å². The number of hydrogen-bond acceptors (Lipinski definition) is 3. The summed E-state index contributed by atoms with van der Waals surface area (Å²) in [5.41, 5.74) is 0. The minimum absolute atomic E-state index is 0. The van der Waals surface area contributed by atoms with Crippen LogP contribution in [-0.4, -0.2) is 0 Å². The van der Waals surface area contributed by atoms with Crippen molar-refractivity contribution in [3.05, 3.63) is 5.21 Å². The Labute approximate surface area is 44.8 Å². The maximum absolute atomic E-state index is 8.37. The average Bonchev–Trinajstić information content (AvgIpc) is 0.918. The SMILES string of the molecule is [Ag+].[O-]N=S. The van der Waals surface area contributed by atoms with Gasteiger partial charge in [0, 0.05) is 12.4 Å². The minimum atomic E-state index is 0. The van der Waals surface area contributed by atoms with Crippen molar-refractivity contribution >= 4 is 12.4 Å². The van der Waals surface area contributed by atoms with Gasteiger partial charge in [-0.05, 0) is 0 Å². The van der Waals surface area contributed by atoms with E-state index >= 15 is 0 Å². The molecule has 0 rings (SSSR count). The summed E-state index contributed by atoms with van der Waals surface area (Å²) in [7, 11) is 0. The molecule has 0 aromatic rings. The van der Waals surface area contributed by atoms with Gasteiger partial charge >= 0.3 is 22.4 Å². The molecule has 0 aliphatic rings. The van der Waals surface area contributed by atoms with E-state index in [1.807, 2.05) is 4.53 Å². The summed E-state index contributed by atoms with van der Waals surface area (Å²) in [6.07, 6.45) is 0. The smallest absolute Gasteiger partial charge is 0.782 e. The second kappa shape index (κ2) is 9.59. The van der Waals surface area contributed by atoms with E-state index in [9.17, 15) is 0 Å². The molecular weight excluding hydrogens is 170 g/mol. The summed E-state index contributed by atoms with van der Waals surface area (Å²) in [6, 6.07) is 0. The Balaban J connectivity index is 0. The number of rotatable bonds is 0. The molecule has 0 unspecified atom stereocenters. The van der Waals surface area contributed by atoms with Crippen LogP contribution in [-0.2, 0) is 34.8 Å². The van der Waals surface area contributed by atoms with Crippen LogP contribution in [0.15, 0.2) is 4.53 Å². The van der Waals surface area contributed by atoms with Crippen LogP contribution in [0.4, 0.5) is 0 Å². The summed E-state index contributed by atoms with van der Waals surface area (Å²) in [4.78, 5) is 0. The molecule has 0 saturated heterocycles. The largest absolute Gasteiger partial charge is 1.00 e. The van der Waals surface area contributed by atoms with Gasteiger partial charge in [0.25, 0.3) is 0 Å². The quantitative estimate of drug-likeness (QED) is 0.384. The van der Waals surface area contributed by atoms with Gasteiger partial charge in [-0.3, -0.25) is 0 Å². The van der Waals surface area contributed by atoms with Crippen molar-refractivity contribution in [1.82, 2.24) is 0 Å². The third-order valence-electron chi connectivity index (χ3n) is 0. The summed E-state index contributed by atoms with van der Waals surface area (Å²) >= 11 is 3.46. The fourth-order valence-corrected chi connectivity index (χ4v) is 0. The van der Waals surface area contributed by atoms with E-state index in [1.165, 1.54) is 0 Å². The number of nitrogens with zero attached hydrogens (tertiary/aromatic N) is 1. The first-order valence-electron chi connectivity index (χ1n) is 0.365. The van der Waals surface area contributed by atoms with Crippen molar-refractivity contribution < 1.29 is 22.4 Å². The Bertz CT molecular complexity index is 15.5. The van der Waals surface area contributed by atoms with Crippen LogP contribution < -0.4 is 0 Å². The summed E-state index contributed by atoms with van der Waals surface area (Å²) in [5, 5.41) is 8.37. The summed E-state index contributed by atoms with van der Waals surface area (Å²) in [6.45, 7) is 0. The van der Waals surface area contributed by atoms with Crippen LogP contribution in [0.2, 0.25) is 0 Å². The summed E-state index contributed by atoms with van der Waals surface area (Å²) < 4.78 is 1.83. The van der Waals surface area contributed by atoms with E-state index in [4.69, 9.17) is 5.21 Å². The van der Waals surface area contributed by atoms with Crippen molar-refractivity contribution in [2.24, 2.45) is 4.53 Å². The van der Waals surface area contributed by atoms with E-state index in [0.29, 0.717) is 0 Å². The molecule has 0 amide bonds. The van der Waals surface area contributed by atoms with Gasteiger partial charge in [-0.15, -0.1) is 0 Å². The van der Waals surface area contributed by atoms with Gasteiger partial charge in [0.15, 0.2) is 0 Å². The molecule has 2 nitrogen and oxygen atoms in total. The van der Waals surface area contributed by atoms with Crippen molar-refractivity contribution in [1.29, 1.82) is 0 Å². The van der Waals surface area contributed by atoms with Gasteiger partial charge in [-0.25, -0.2) is 4.53 Å². The Kier molecular flexibility index (Phi) is 21.1. The average molecular weight is 170 g/mol. The van der Waals surface area contributed by atoms with Crippen molar-refractivity contribution in [2.75, 3.05) is 0 Å². The van der Waals surface area contributed by atoms with E-state index in [2.05, 4.69) is 12.4 Å². The molecule has 0 aromatic carbocycles. The van der Waals surface area contributed by atoms with Gasteiger partial charge in [-0.2, -0.15) is 0 Å². The molecule has 0 bridgehead atoms. The van der Waals surface area contributed by atoms with Crippen LogP contribution in [0.5, 0.6) is 0 Å². The Morgan fingerprint density at radius 3 is 1.75 bits per heavy atom. The van der Waals surface area contributed by atoms with Gasteiger partial charge < -0.3 is 5.21 Å². The fraction of sp³-hybridized carbons (Fsp3) is 0. The third-order valence-corrected chi connectivity index (χ3v) is 0. The van der Waals surface area contributed by atoms with Crippen molar-refractivity contribution in [2.45, 2.75) is 0 Å². The van der Waals surface area contributed by atoms with Crippen molar-refractivity contribution in [3.63, 3.8) is 0 Å². The second-order valence-electron chi connectivity index (χ2n) is 0.0745. The zero-order valence-electron chi connectivity index (χ0n) is 1.57. The van der Waals surface area contributed by atoms with Gasteiger partial charge in [0.05, 0.1) is 0 Å². The van der Waals surface area contributed by atoms with Gasteiger partial charge in [0.2, 0.25) is 0 Å². The molecule has 0 saturated carbocycles. The second-order valence-corrected chi connectivity index (χ2v) is 0.224. The molecule has 0 N–H and O–H groups in total. The van der Waals surface area contributed by atoms with Crippen LogP contribution in [0.3, 0.4) is 0 Å². The molecule has 0 heterocycles. The molecule has 0 aliphatic carbocycles. The number of hydrogen-bond donors (Lipinski definition) is 0. The first kappa shape index (κ1) is 8.82. The molecule has 0 aliphatic heterocycles. The molecule has 4 heteroatoms. The normalized spacial score (nSPS) is 3.00. The molecule has 0 radical (unpaired) electrons. The molecule has 0 atom stereocenters. The van der Waals surface area contributed by atoms with Crippen LogP contribution in [0, 0.1) is 5.21 Å². The molecular formula is AgNOS. The predicted molar refractivity (Wildman–Crippen MR) is 13.2 cm³/mol. The van der Waals surface area contributed by atoms with Gasteiger partial charge in [0.1, 0.15) is 0 Å². The van der Waals surface area contributed by atoms with Crippen LogP contribution >= 0.6 is 0 Å². The zero-order chi connectivity index (χ0) is 2.71.